The third kappa shape index (κ3) is 3.92. The molecule has 2 N–H and O–H groups in total. The lowest BCUT2D eigenvalue weighted by molar-refractivity contribution is -0.276. The van der Waals surface area contributed by atoms with Crippen LogP contribution in [0.5, 0.6) is 5.88 Å². The third-order valence-electron chi connectivity index (χ3n) is 2.04. The van der Waals surface area contributed by atoms with Gasteiger partial charge < -0.3 is 10.5 Å². The third-order valence-corrected chi connectivity index (χ3v) is 2.04. The SMILES string of the molecule is NCc1cc(C(F)(F)F)c(C(F)F)nc1OC(F)(F)F. The molecule has 0 aliphatic heterocycles. The molecule has 1 aromatic rings. The van der Waals surface area contributed by atoms with Gasteiger partial charge in [-0.3, -0.25) is 0 Å². The highest BCUT2D eigenvalue weighted by atomic mass is 19.4. The number of alkyl halides is 8. The maximum atomic E-state index is 12.5. The van der Waals surface area contributed by atoms with Gasteiger partial charge in [0.1, 0.15) is 5.69 Å². The van der Waals surface area contributed by atoms with Crippen LogP contribution in [0.2, 0.25) is 0 Å². The molecule has 0 saturated heterocycles. The standard InChI is InChI=1S/C9H6F8N2O/c10-6(11)5-4(8(12,13)14)1-3(2-18)7(19-5)20-9(15,16)17/h1,6H,2,18H2. The van der Waals surface area contributed by atoms with E-state index in [1.54, 1.807) is 0 Å². The van der Waals surface area contributed by atoms with Crippen molar-refractivity contribution in [3.8, 4) is 5.88 Å². The summed E-state index contributed by atoms with van der Waals surface area (Å²) in [4.78, 5) is 2.60. The van der Waals surface area contributed by atoms with Gasteiger partial charge in [-0.25, -0.2) is 13.8 Å². The summed E-state index contributed by atoms with van der Waals surface area (Å²) < 4.78 is 102. The molecule has 0 amide bonds. The highest BCUT2D eigenvalue weighted by Gasteiger charge is 2.40. The number of aromatic nitrogens is 1. The summed E-state index contributed by atoms with van der Waals surface area (Å²) in [6.07, 6.45) is -14.2. The second kappa shape index (κ2) is 5.38. The Kier molecular flexibility index (Phi) is 4.42. The van der Waals surface area contributed by atoms with E-state index in [2.05, 4.69) is 9.72 Å². The van der Waals surface area contributed by atoms with Crippen molar-refractivity contribution in [1.82, 2.24) is 4.98 Å². The quantitative estimate of drug-likeness (QED) is 0.871. The Morgan fingerprint density at radius 2 is 1.70 bits per heavy atom. The first-order valence-corrected chi connectivity index (χ1v) is 4.80. The number of pyridine rings is 1. The lowest BCUT2D eigenvalue weighted by Gasteiger charge is -2.17. The molecule has 3 nitrogen and oxygen atoms in total. The fourth-order valence-electron chi connectivity index (χ4n) is 1.29. The smallest absolute Gasteiger partial charge is 0.388 e. The van der Waals surface area contributed by atoms with Gasteiger partial charge in [0.05, 0.1) is 5.56 Å². The van der Waals surface area contributed by atoms with Crippen LogP contribution in [-0.4, -0.2) is 11.3 Å². The van der Waals surface area contributed by atoms with Crippen molar-refractivity contribution in [3.63, 3.8) is 0 Å². The highest BCUT2D eigenvalue weighted by molar-refractivity contribution is 5.36. The number of nitrogens with two attached hydrogens (primary N) is 1. The molecule has 0 aliphatic rings. The summed E-state index contributed by atoms with van der Waals surface area (Å²) in [5.74, 6) is -1.43. The van der Waals surface area contributed by atoms with Crippen LogP contribution >= 0.6 is 0 Å². The lowest BCUT2D eigenvalue weighted by atomic mass is 10.1. The molecular weight excluding hydrogens is 304 g/mol. The molecule has 0 aromatic carbocycles. The van der Waals surface area contributed by atoms with Gasteiger partial charge in [-0.15, -0.1) is 13.2 Å². The summed E-state index contributed by atoms with van der Waals surface area (Å²) in [6, 6.07) is 0.0650. The van der Waals surface area contributed by atoms with Crippen molar-refractivity contribution >= 4 is 0 Å². The largest absolute Gasteiger partial charge is 0.574 e. The highest BCUT2D eigenvalue weighted by Crippen LogP contribution is 2.38. The molecule has 1 rings (SSSR count). The summed E-state index contributed by atoms with van der Waals surface area (Å²) >= 11 is 0. The molecule has 0 saturated carbocycles. The van der Waals surface area contributed by atoms with Gasteiger partial charge in [-0.1, -0.05) is 0 Å². The normalized spacial score (nSPS) is 12.9. The van der Waals surface area contributed by atoms with E-state index in [4.69, 9.17) is 5.73 Å². The Bertz CT molecular complexity index is 482. The molecule has 114 valence electrons. The van der Waals surface area contributed by atoms with Crippen molar-refractivity contribution in [2.24, 2.45) is 5.73 Å². The minimum Gasteiger partial charge on any atom is -0.388 e. The van der Waals surface area contributed by atoms with Crippen LogP contribution in [0.4, 0.5) is 35.1 Å². The van der Waals surface area contributed by atoms with E-state index in [0.717, 1.165) is 0 Å². The van der Waals surface area contributed by atoms with E-state index in [0.29, 0.717) is 0 Å². The minimum atomic E-state index is -5.30. The predicted octanol–water partition coefficient (Wildman–Crippen LogP) is 3.40. The van der Waals surface area contributed by atoms with Crippen LogP contribution in [0.15, 0.2) is 6.07 Å². The fourth-order valence-corrected chi connectivity index (χ4v) is 1.29. The van der Waals surface area contributed by atoms with E-state index in [1.165, 1.54) is 0 Å². The average molecular weight is 310 g/mol. The van der Waals surface area contributed by atoms with Crippen molar-refractivity contribution in [2.75, 3.05) is 0 Å². The van der Waals surface area contributed by atoms with Crippen LogP contribution < -0.4 is 10.5 Å². The minimum absolute atomic E-state index is 0.0650. The van der Waals surface area contributed by atoms with Crippen LogP contribution in [0.25, 0.3) is 0 Å². The Hall–Kier alpha value is -1.65. The molecule has 0 bridgehead atoms. The lowest BCUT2D eigenvalue weighted by Crippen LogP contribution is -2.22. The Morgan fingerprint density at radius 3 is 2.05 bits per heavy atom. The maximum Gasteiger partial charge on any atom is 0.574 e. The van der Waals surface area contributed by atoms with Gasteiger partial charge in [0, 0.05) is 12.1 Å². The van der Waals surface area contributed by atoms with Crippen LogP contribution in [-0.2, 0) is 12.7 Å². The van der Waals surface area contributed by atoms with Crippen LogP contribution in [0, 0.1) is 0 Å². The van der Waals surface area contributed by atoms with E-state index in [1.807, 2.05) is 0 Å². The van der Waals surface area contributed by atoms with Gasteiger partial charge in [0.15, 0.2) is 0 Å². The topological polar surface area (TPSA) is 48.1 Å². The number of rotatable bonds is 3. The van der Waals surface area contributed by atoms with E-state index < -0.39 is 48.2 Å². The molecule has 0 radical (unpaired) electrons. The van der Waals surface area contributed by atoms with E-state index in [-0.39, 0.29) is 6.07 Å². The number of ether oxygens (including phenoxy) is 1. The molecule has 11 heteroatoms. The van der Waals surface area contributed by atoms with Gasteiger partial charge in [0.25, 0.3) is 6.43 Å². The number of halogens is 8. The molecular formula is C9H6F8N2O. The summed E-state index contributed by atoms with van der Waals surface area (Å²) in [6.45, 7) is -0.801. The zero-order chi connectivity index (χ0) is 15.7. The first-order chi connectivity index (χ1) is 8.95. The number of nitrogens with zero attached hydrogens (tertiary/aromatic N) is 1. The summed E-state index contributed by atoms with van der Waals surface area (Å²) in [7, 11) is 0. The van der Waals surface area contributed by atoms with Crippen LogP contribution in [0.1, 0.15) is 23.2 Å². The van der Waals surface area contributed by atoms with Crippen molar-refractivity contribution in [1.29, 1.82) is 0 Å². The Balaban J connectivity index is 3.45. The second-order valence-electron chi connectivity index (χ2n) is 3.44. The van der Waals surface area contributed by atoms with Crippen molar-refractivity contribution in [3.05, 3.63) is 22.9 Å². The molecule has 0 spiro atoms. The zero-order valence-corrected chi connectivity index (χ0v) is 9.32. The number of hydrogen-bond acceptors (Lipinski definition) is 3. The molecule has 1 heterocycles. The molecule has 0 fully saturated rings. The zero-order valence-electron chi connectivity index (χ0n) is 9.32. The summed E-state index contributed by atoms with van der Waals surface area (Å²) in [5.41, 5.74) is 0.461. The second-order valence-corrected chi connectivity index (χ2v) is 3.44. The number of hydrogen-bond donors (Lipinski definition) is 1. The van der Waals surface area contributed by atoms with Gasteiger partial charge in [-0.2, -0.15) is 13.2 Å². The molecule has 0 atom stereocenters. The Morgan fingerprint density at radius 1 is 1.15 bits per heavy atom. The molecule has 1 aromatic heterocycles. The van der Waals surface area contributed by atoms with Gasteiger partial charge >= 0.3 is 12.5 Å². The molecule has 0 aliphatic carbocycles. The monoisotopic (exact) mass is 310 g/mol. The molecule has 0 unspecified atom stereocenters. The predicted molar refractivity (Wildman–Crippen MR) is 48.8 cm³/mol. The van der Waals surface area contributed by atoms with Gasteiger partial charge in [0.2, 0.25) is 5.88 Å². The average Bonchev–Trinajstić information content (AvgIpc) is 2.24. The van der Waals surface area contributed by atoms with Crippen LogP contribution in [0.3, 0.4) is 0 Å². The molecule has 20 heavy (non-hydrogen) atoms. The first kappa shape index (κ1) is 16.4. The van der Waals surface area contributed by atoms with Crippen molar-refractivity contribution in [2.45, 2.75) is 25.5 Å². The van der Waals surface area contributed by atoms with E-state index in [9.17, 15) is 35.1 Å². The van der Waals surface area contributed by atoms with Gasteiger partial charge in [-0.05, 0) is 6.07 Å². The maximum absolute atomic E-state index is 12.5. The Labute approximate surface area is 106 Å². The fraction of sp³-hybridized carbons (Fsp3) is 0.444. The van der Waals surface area contributed by atoms with Crippen molar-refractivity contribution < 1.29 is 39.9 Å². The summed E-state index contributed by atoms with van der Waals surface area (Å²) in [5, 5.41) is 0. The van der Waals surface area contributed by atoms with E-state index >= 15 is 0 Å². The first-order valence-electron chi connectivity index (χ1n) is 4.80.